The van der Waals surface area contributed by atoms with E-state index in [9.17, 15) is 4.79 Å². The standard InChI is InChI=1S/C22H28N6O/c1-14-7-8-16(10-23-14)9-17-12-27(13-17)15(2)20-25-21-19(22(29)26-20)11-24-28(21)18-5-3-4-6-18/h7-8,10-11,15,17-18H,3-6,9,12-13H2,1-2H3,(H,25,26,29)/t15-/m1/s1. The molecule has 7 heteroatoms. The lowest BCUT2D eigenvalue weighted by molar-refractivity contribution is 0.0562. The van der Waals surface area contributed by atoms with Crippen LogP contribution in [0.25, 0.3) is 11.0 Å². The van der Waals surface area contributed by atoms with E-state index in [-0.39, 0.29) is 11.6 Å². The average Bonchev–Trinajstić information content (AvgIpc) is 3.34. The normalized spacial score (nSPS) is 19.7. The Morgan fingerprint density at radius 3 is 2.72 bits per heavy atom. The Morgan fingerprint density at radius 1 is 1.21 bits per heavy atom. The summed E-state index contributed by atoms with van der Waals surface area (Å²) >= 11 is 0. The van der Waals surface area contributed by atoms with Crippen LogP contribution in [-0.4, -0.2) is 42.7 Å². The van der Waals surface area contributed by atoms with Crippen LogP contribution in [0.4, 0.5) is 0 Å². The van der Waals surface area contributed by atoms with Gasteiger partial charge in [-0.1, -0.05) is 18.9 Å². The molecule has 1 atom stereocenters. The minimum Gasteiger partial charge on any atom is -0.309 e. The number of rotatable bonds is 5. The predicted octanol–water partition coefficient (Wildman–Crippen LogP) is 3.17. The van der Waals surface area contributed by atoms with E-state index in [0.29, 0.717) is 17.3 Å². The van der Waals surface area contributed by atoms with Crippen molar-refractivity contribution in [2.24, 2.45) is 5.92 Å². The molecule has 5 rings (SSSR count). The third-order valence-electron chi connectivity index (χ3n) is 6.58. The Morgan fingerprint density at radius 2 is 2.00 bits per heavy atom. The predicted molar refractivity (Wildman–Crippen MR) is 112 cm³/mol. The van der Waals surface area contributed by atoms with Crippen molar-refractivity contribution >= 4 is 11.0 Å². The highest BCUT2D eigenvalue weighted by molar-refractivity contribution is 5.73. The Kier molecular flexibility index (Phi) is 4.70. The number of likely N-dealkylation sites (tertiary alicyclic amines) is 1. The van der Waals surface area contributed by atoms with Crippen molar-refractivity contribution in [3.63, 3.8) is 0 Å². The first kappa shape index (κ1) is 18.5. The van der Waals surface area contributed by atoms with E-state index < -0.39 is 0 Å². The van der Waals surface area contributed by atoms with Crippen LogP contribution < -0.4 is 5.56 Å². The molecular formula is C22H28N6O. The van der Waals surface area contributed by atoms with E-state index in [4.69, 9.17) is 4.98 Å². The summed E-state index contributed by atoms with van der Waals surface area (Å²) in [4.78, 5) is 27.3. The van der Waals surface area contributed by atoms with Gasteiger partial charge in [0.05, 0.1) is 18.3 Å². The largest absolute Gasteiger partial charge is 0.309 e. The maximum atomic E-state index is 12.6. The fourth-order valence-electron chi connectivity index (χ4n) is 4.75. The van der Waals surface area contributed by atoms with Crippen molar-refractivity contribution < 1.29 is 0 Å². The van der Waals surface area contributed by atoms with Gasteiger partial charge in [0.2, 0.25) is 0 Å². The van der Waals surface area contributed by atoms with E-state index in [1.807, 2.05) is 17.8 Å². The number of fused-ring (bicyclic) bond motifs is 1. The lowest BCUT2D eigenvalue weighted by Crippen LogP contribution is -2.49. The van der Waals surface area contributed by atoms with Gasteiger partial charge in [-0.05, 0) is 50.7 Å². The van der Waals surface area contributed by atoms with Gasteiger partial charge in [0.25, 0.3) is 5.56 Å². The number of hydrogen-bond donors (Lipinski definition) is 1. The third-order valence-corrected chi connectivity index (χ3v) is 6.58. The zero-order valence-electron chi connectivity index (χ0n) is 17.1. The molecule has 0 bridgehead atoms. The van der Waals surface area contributed by atoms with Gasteiger partial charge in [-0.15, -0.1) is 0 Å². The Labute approximate surface area is 170 Å². The molecule has 0 aromatic carbocycles. The van der Waals surface area contributed by atoms with Gasteiger partial charge in [-0.2, -0.15) is 5.10 Å². The van der Waals surface area contributed by atoms with Crippen molar-refractivity contribution in [3.05, 3.63) is 52.0 Å². The van der Waals surface area contributed by atoms with E-state index in [2.05, 4.69) is 39.0 Å². The molecule has 0 amide bonds. The van der Waals surface area contributed by atoms with Gasteiger partial charge in [0.15, 0.2) is 5.65 Å². The SMILES string of the molecule is Cc1ccc(CC2CN([C@H](C)c3nc4c(cnn4C4CCCC4)c(=O)[nH]3)C2)cn1. The highest BCUT2D eigenvalue weighted by atomic mass is 16.1. The minimum atomic E-state index is -0.0797. The van der Waals surface area contributed by atoms with E-state index in [1.165, 1.54) is 18.4 Å². The highest BCUT2D eigenvalue weighted by Crippen LogP contribution is 2.32. The lowest BCUT2D eigenvalue weighted by atomic mass is 9.91. The van der Waals surface area contributed by atoms with Crippen molar-refractivity contribution in [1.29, 1.82) is 0 Å². The first-order valence-electron chi connectivity index (χ1n) is 10.7. The van der Waals surface area contributed by atoms with Crippen LogP contribution in [0.1, 0.15) is 61.8 Å². The van der Waals surface area contributed by atoms with E-state index >= 15 is 0 Å². The summed E-state index contributed by atoms with van der Waals surface area (Å²) in [5, 5.41) is 5.10. The van der Waals surface area contributed by atoms with Crippen LogP contribution in [0.2, 0.25) is 0 Å². The highest BCUT2D eigenvalue weighted by Gasteiger charge is 2.32. The van der Waals surface area contributed by atoms with Crippen LogP contribution in [0.3, 0.4) is 0 Å². The maximum absolute atomic E-state index is 12.6. The molecular weight excluding hydrogens is 364 g/mol. The van der Waals surface area contributed by atoms with Crippen LogP contribution >= 0.6 is 0 Å². The monoisotopic (exact) mass is 392 g/mol. The molecule has 3 aromatic heterocycles. The summed E-state index contributed by atoms with van der Waals surface area (Å²) in [5.41, 5.74) is 3.01. The molecule has 1 aliphatic carbocycles. The number of aryl methyl sites for hydroxylation is 1. The molecule has 1 aliphatic heterocycles. The van der Waals surface area contributed by atoms with Gasteiger partial charge < -0.3 is 4.98 Å². The fraction of sp³-hybridized carbons (Fsp3) is 0.545. The number of nitrogens with one attached hydrogen (secondary N) is 1. The molecule has 7 nitrogen and oxygen atoms in total. The van der Waals surface area contributed by atoms with Gasteiger partial charge >= 0.3 is 0 Å². The first-order chi connectivity index (χ1) is 14.1. The summed E-state index contributed by atoms with van der Waals surface area (Å²) in [7, 11) is 0. The molecule has 29 heavy (non-hydrogen) atoms. The van der Waals surface area contributed by atoms with Crippen LogP contribution in [0, 0.1) is 12.8 Å². The molecule has 3 aromatic rings. The van der Waals surface area contributed by atoms with Crippen LogP contribution in [0.5, 0.6) is 0 Å². The number of hydrogen-bond acceptors (Lipinski definition) is 5. The Bertz CT molecular complexity index is 1060. The van der Waals surface area contributed by atoms with E-state index in [0.717, 1.165) is 49.5 Å². The molecule has 1 saturated carbocycles. The topological polar surface area (TPSA) is 79.7 Å². The average molecular weight is 393 g/mol. The number of pyridine rings is 1. The second-order valence-electron chi connectivity index (χ2n) is 8.72. The lowest BCUT2D eigenvalue weighted by Gasteiger charge is -2.42. The molecule has 1 saturated heterocycles. The second kappa shape index (κ2) is 7.37. The Balaban J connectivity index is 1.31. The molecule has 4 heterocycles. The zero-order chi connectivity index (χ0) is 20.0. The summed E-state index contributed by atoms with van der Waals surface area (Å²) in [6.07, 6.45) is 9.40. The number of nitrogens with zero attached hydrogens (tertiary/aromatic N) is 5. The molecule has 2 aliphatic rings. The van der Waals surface area contributed by atoms with Gasteiger partial charge in [-0.3, -0.25) is 14.7 Å². The second-order valence-corrected chi connectivity index (χ2v) is 8.72. The third kappa shape index (κ3) is 3.48. The van der Waals surface area contributed by atoms with Crippen molar-refractivity contribution in [3.8, 4) is 0 Å². The number of aromatic nitrogens is 5. The van der Waals surface area contributed by atoms with E-state index in [1.54, 1.807) is 6.20 Å². The van der Waals surface area contributed by atoms with Gasteiger partial charge in [-0.25, -0.2) is 9.67 Å². The molecule has 0 spiro atoms. The maximum Gasteiger partial charge on any atom is 0.262 e. The molecule has 2 fully saturated rings. The molecule has 0 radical (unpaired) electrons. The fourth-order valence-corrected chi connectivity index (χ4v) is 4.75. The summed E-state index contributed by atoms with van der Waals surface area (Å²) in [5.74, 6) is 1.37. The Hall–Kier alpha value is -2.54. The summed E-state index contributed by atoms with van der Waals surface area (Å²) in [6, 6.07) is 4.71. The quantitative estimate of drug-likeness (QED) is 0.721. The minimum absolute atomic E-state index is 0.0797. The smallest absolute Gasteiger partial charge is 0.262 e. The molecule has 152 valence electrons. The summed E-state index contributed by atoms with van der Waals surface area (Å²) < 4.78 is 1.98. The van der Waals surface area contributed by atoms with Crippen molar-refractivity contribution in [1.82, 2.24) is 29.6 Å². The van der Waals surface area contributed by atoms with Crippen molar-refractivity contribution in [2.45, 2.75) is 58.0 Å². The number of H-pyrrole nitrogens is 1. The van der Waals surface area contributed by atoms with Crippen molar-refractivity contribution in [2.75, 3.05) is 13.1 Å². The van der Waals surface area contributed by atoms with Crippen LogP contribution in [-0.2, 0) is 6.42 Å². The van der Waals surface area contributed by atoms with Gasteiger partial charge in [0, 0.05) is 25.0 Å². The molecule has 0 unspecified atom stereocenters. The molecule has 1 N–H and O–H groups in total. The van der Waals surface area contributed by atoms with Gasteiger partial charge in [0.1, 0.15) is 11.2 Å². The zero-order valence-corrected chi connectivity index (χ0v) is 17.1. The van der Waals surface area contributed by atoms with Crippen LogP contribution in [0.15, 0.2) is 29.3 Å². The summed E-state index contributed by atoms with van der Waals surface area (Å²) in [6.45, 7) is 6.17. The number of aromatic amines is 1. The first-order valence-corrected chi connectivity index (χ1v) is 10.7.